The summed E-state index contributed by atoms with van der Waals surface area (Å²) in [6, 6.07) is 14.5. The fraction of sp³-hybridized carbons (Fsp3) is 0.391. The molecule has 0 saturated carbocycles. The minimum absolute atomic E-state index is 0.210. The van der Waals surface area contributed by atoms with Gasteiger partial charge in [0.05, 0.1) is 18.8 Å². The highest BCUT2D eigenvalue weighted by molar-refractivity contribution is 7.80. The first kappa shape index (κ1) is 23.6. The summed E-state index contributed by atoms with van der Waals surface area (Å²) >= 11 is 5.28. The zero-order chi connectivity index (χ0) is 21.8. The van der Waals surface area contributed by atoms with Crippen LogP contribution < -0.4 is 20.1 Å². The molecule has 30 heavy (non-hydrogen) atoms. The number of hydrogen-bond acceptors (Lipinski definition) is 5. The monoisotopic (exact) mass is 430 g/mol. The van der Waals surface area contributed by atoms with Crippen molar-refractivity contribution in [2.75, 3.05) is 31.7 Å². The molecule has 2 aromatic carbocycles. The van der Waals surface area contributed by atoms with Crippen LogP contribution in [0.4, 0.5) is 5.69 Å². The lowest BCUT2D eigenvalue weighted by molar-refractivity contribution is 0.0973. The standard InChI is InChI=1S/C23H30N2O4S/c1-4-27-15-16-28-19-11-9-18(10-12-19)24-23(30)25-22(26)20-7-5-6-8-21(20)29-14-13-17(2)3/h5-12,17H,4,13-16H2,1-3H3,(H2,24,25,26,30). The summed E-state index contributed by atoms with van der Waals surface area (Å²) in [4.78, 5) is 12.6. The highest BCUT2D eigenvalue weighted by Crippen LogP contribution is 2.19. The minimum atomic E-state index is -0.316. The third-order valence-electron chi connectivity index (χ3n) is 4.12. The number of carbonyl (C=O) groups is 1. The van der Waals surface area contributed by atoms with Crippen LogP contribution in [-0.4, -0.2) is 37.4 Å². The van der Waals surface area contributed by atoms with Crippen molar-refractivity contribution in [2.24, 2.45) is 5.92 Å². The third kappa shape index (κ3) is 8.39. The van der Waals surface area contributed by atoms with Crippen LogP contribution >= 0.6 is 12.2 Å². The minimum Gasteiger partial charge on any atom is -0.493 e. The van der Waals surface area contributed by atoms with Gasteiger partial charge in [-0.2, -0.15) is 0 Å². The van der Waals surface area contributed by atoms with E-state index in [0.717, 1.165) is 17.9 Å². The maximum atomic E-state index is 12.6. The zero-order valence-corrected chi connectivity index (χ0v) is 18.6. The number of benzene rings is 2. The molecule has 0 radical (unpaired) electrons. The Balaban J connectivity index is 1.87. The van der Waals surface area contributed by atoms with Crippen LogP contribution in [0.15, 0.2) is 48.5 Å². The highest BCUT2D eigenvalue weighted by Gasteiger charge is 2.14. The highest BCUT2D eigenvalue weighted by atomic mass is 32.1. The van der Waals surface area contributed by atoms with E-state index in [0.29, 0.717) is 43.7 Å². The van der Waals surface area contributed by atoms with E-state index in [4.69, 9.17) is 26.4 Å². The van der Waals surface area contributed by atoms with Crippen molar-refractivity contribution in [1.29, 1.82) is 0 Å². The molecular formula is C23H30N2O4S. The van der Waals surface area contributed by atoms with Gasteiger partial charge in [-0.05, 0) is 67.9 Å². The molecule has 6 nitrogen and oxygen atoms in total. The van der Waals surface area contributed by atoms with Gasteiger partial charge in [-0.15, -0.1) is 0 Å². The van der Waals surface area contributed by atoms with Gasteiger partial charge < -0.3 is 19.5 Å². The molecular weight excluding hydrogens is 400 g/mol. The molecule has 7 heteroatoms. The van der Waals surface area contributed by atoms with E-state index in [9.17, 15) is 4.79 Å². The second kappa shape index (κ2) is 12.8. The summed E-state index contributed by atoms with van der Waals surface area (Å²) < 4.78 is 16.6. The van der Waals surface area contributed by atoms with Gasteiger partial charge in [0.15, 0.2) is 5.11 Å². The van der Waals surface area contributed by atoms with Gasteiger partial charge >= 0.3 is 0 Å². The summed E-state index contributed by atoms with van der Waals surface area (Å²) in [7, 11) is 0. The van der Waals surface area contributed by atoms with E-state index in [2.05, 4.69) is 24.5 Å². The van der Waals surface area contributed by atoms with Crippen molar-refractivity contribution in [3.63, 3.8) is 0 Å². The Labute approximate surface area is 183 Å². The number of nitrogens with one attached hydrogen (secondary N) is 2. The molecule has 162 valence electrons. The van der Waals surface area contributed by atoms with Gasteiger partial charge in [-0.25, -0.2) is 0 Å². The number of para-hydroxylation sites is 1. The Morgan fingerprint density at radius 2 is 1.73 bits per heavy atom. The molecule has 0 atom stereocenters. The first-order valence-corrected chi connectivity index (χ1v) is 10.5. The molecule has 0 aliphatic carbocycles. The number of ether oxygens (including phenoxy) is 3. The van der Waals surface area contributed by atoms with E-state index >= 15 is 0 Å². The fourth-order valence-corrected chi connectivity index (χ4v) is 2.73. The van der Waals surface area contributed by atoms with Gasteiger partial charge in [0, 0.05) is 12.3 Å². The number of carbonyl (C=O) groups excluding carboxylic acids is 1. The number of anilines is 1. The van der Waals surface area contributed by atoms with E-state index in [-0.39, 0.29) is 11.0 Å². The molecule has 0 heterocycles. The van der Waals surface area contributed by atoms with Crippen molar-refractivity contribution >= 4 is 28.9 Å². The lowest BCUT2D eigenvalue weighted by Gasteiger charge is -2.14. The molecule has 0 fully saturated rings. The molecule has 2 aromatic rings. The SMILES string of the molecule is CCOCCOc1ccc(NC(=S)NC(=O)c2ccccc2OCCC(C)C)cc1. The van der Waals surface area contributed by atoms with Gasteiger partial charge in [0.25, 0.3) is 5.91 Å². The molecule has 2 rings (SSSR count). The van der Waals surface area contributed by atoms with Crippen LogP contribution in [0.1, 0.15) is 37.6 Å². The molecule has 0 aliphatic heterocycles. The van der Waals surface area contributed by atoms with E-state index < -0.39 is 0 Å². The molecule has 1 amide bonds. The summed E-state index contributed by atoms with van der Waals surface area (Å²) in [5.74, 6) is 1.50. The Morgan fingerprint density at radius 3 is 2.43 bits per heavy atom. The van der Waals surface area contributed by atoms with Gasteiger partial charge in [-0.3, -0.25) is 10.1 Å². The third-order valence-corrected chi connectivity index (χ3v) is 4.33. The van der Waals surface area contributed by atoms with Crippen molar-refractivity contribution in [3.8, 4) is 11.5 Å². The maximum absolute atomic E-state index is 12.6. The number of hydrogen-bond donors (Lipinski definition) is 2. The smallest absolute Gasteiger partial charge is 0.261 e. The van der Waals surface area contributed by atoms with Crippen LogP contribution in [0.3, 0.4) is 0 Å². The lowest BCUT2D eigenvalue weighted by atomic mass is 10.1. The summed E-state index contributed by atoms with van der Waals surface area (Å²) in [5.41, 5.74) is 1.20. The topological polar surface area (TPSA) is 68.8 Å². The van der Waals surface area contributed by atoms with Crippen molar-refractivity contribution in [3.05, 3.63) is 54.1 Å². The predicted molar refractivity (Wildman–Crippen MR) is 124 cm³/mol. The zero-order valence-electron chi connectivity index (χ0n) is 17.8. The average molecular weight is 431 g/mol. The number of amides is 1. The average Bonchev–Trinajstić information content (AvgIpc) is 2.72. The molecule has 0 aromatic heterocycles. The number of thiocarbonyl (C=S) groups is 1. The summed E-state index contributed by atoms with van der Waals surface area (Å²) in [6.07, 6.45) is 0.918. The second-order valence-electron chi connectivity index (χ2n) is 7.01. The van der Waals surface area contributed by atoms with Crippen LogP contribution in [0.2, 0.25) is 0 Å². The van der Waals surface area contributed by atoms with Crippen LogP contribution in [0.5, 0.6) is 11.5 Å². The van der Waals surface area contributed by atoms with E-state index in [1.54, 1.807) is 18.2 Å². The Bertz CT molecular complexity index is 809. The fourth-order valence-electron chi connectivity index (χ4n) is 2.51. The molecule has 0 aliphatic rings. The summed E-state index contributed by atoms with van der Waals surface area (Å²) in [6.45, 7) is 8.48. The summed E-state index contributed by atoms with van der Waals surface area (Å²) in [5, 5.41) is 5.91. The van der Waals surface area contributed by atoms with Crippen LogP contribution in [-0.2, 0) is 4.74 Å². The van der Waals surface area contributed by atoms with Crippen molar-refractivity contribution in [1.82, 2.24) is 5.32 Å². The Hall–Kier alpha value is -2.64. The maximum Gasteiger partial charge on any atom is 0.261 e. The molecule has 0 spiro atoms. The Kier molecular flexibility index (Phi) is 10.1. The normalized spacial score (nSPS) is 10.5. The van der Waals surface area contributed by atoms with E-state index in [1.165, 1.54) is 0 Å². The molecule has 0 bridgehead atoms. The predicted octanol–water partition coefficient (Wildman–Crippen LogP) is 4.65. The first-order valence-electron chi connectivity index (χ1n) is 10.1. The quantitative estimate of drug-likeness (QED) is 0.399. The first-order chi connectivity index (χ1) is 14.5. The second-order valence-corrected chi connectivity index (χ2v) is 7.41. The molecule has 0 saturated heterocycles. The van der Waals surface area contributed by atoms with Gasteiger partial charge in [0.1, 0.15) is 18.1 Å². The van der Waals surface area contributed by atoms with Crippen molar-refractivity contribution in [2.45, 2.75) is 27.2 Å². The largest absolute Gasteiger partial charge is 0.493 e. The number of rotatable bonds is 11. The van der Waals surface area contributed by atoms with Gasteiger partial charge in [0.2, 0.25) is 0 Å². The Morgan fingerprint density at radius 1 is 1.00 bits per heavy atom. The van der Waals surface area contributed by atoms with Crippen LogP contribution in [0, 0.1) is 5.92 Å². The van der Waals surface area contributed by atoms with E-state index in [1.807, 2.05) is 37.3 Å². The molecule has 0 unspecified atom stereocenters. The van der Waals surface area contributed by atoms with Crippen LogP contribution in [0.25, 0.3) is 0 Å². The lowest BCUT2D eigenvalue weighted by Crippen LogP contribution is -2.34. The molecule has 2 N–H and O–H groups in total. The van der Waals surface area contributed by atoms with Gasteiger partial charge in [-0.1, -0.05) is 26.0 Å². The van der Waals surface area contributed by atoms with Crippen molar-refractivity contribution < 1.29 is 19.0 Å².